The summed E-state index contributed by atoms with van der Waals surface area (Å²) in [6.07, 6.45) is 10.9. The van der Waals surface area contributed by atoms with Crippen LogP contribution in [0, 0.1) is 40.4 Å². The lowest BCUT2D eigenvalue weighted by Crippen LogP contribution is -2.54. The first-order valence-corrected chi connectivity index (χ1v) is 12.1. The Labute approximate surface area is 169 Å². The fourth-order valence-corrected chi connectivity index (χ4v) is 7.90. The molecule has 0 saturated heterocycles. The molecule has 0 bridgehead atoms. The van der Waals surface area contributed by atoms with Crippen molar-refractivity contribution in [3.8, 4) is 0 Å². The highest BCUT2D eigenvalue weighted by Gasteiger charge is 2.60. The second-order valence-electron chi connectivity index (χ2n) is 10.3. The Morgan fingerprint density at radius 1 is 0.893 bits per heavy atom. The van der Waals surface area contributed by atoms with E-state index < -0.39 is 10.4 Å². The van der Waals surface area contributed by atoms with Crippen LogP contribution in [0.5, 0.6) is 0 Å². The van der Waals surface area contributed by atoms with Crippen LogP contribution < -0.4 is 0 Å². The number of aliphatic hydroxyl groups excluding tert-OH is 1. The summed E-state index contributed by atoms with van der Waals surface area (Å²) in [6.45, 7) is 6.80. The van der Waals surface area contributed by atoms with Crippen molar-refractivity contribution in [1.82, 2.24) is 0 Å². The molecule has 4 rings (SSSR count). The van der Waals surface area contributed by atoms with Gasteiger partial charge in [-0.1, -0.05) is 13.8 Å². The normalized spacial score (nSPS) is 47.8. The van der Waals surface area contributed by atoms with Crippen molar-refractivity contribution in [1.29, 1.82) is 0 Å². The predicted octanol–water partition coefficient (Wildman–Crippen LogP) is 3.94. The van der Waals surface area contributed by atoms with Crippen molar-refractivity contribution in [3.63, 3.8) is 0 Å². The van der Waals surface area contributed by atoms with Crippen molar-refractivity contribution >= 4 is 16.2 Å². The van der Waals surface area contributed by atoms with E-state index in [0.717, 1.165) is 42.9 Å². The summed E-state index contributed by atoms with van der Waals surface area (Å²) in [4.78, 5) is 12.2. The third-order valence-corrected chi connectivity index (χ3v) is 9.13. The fourth-order valence-electron chi connectivity index (χ4n) is 7.90. The van der Waals surface area contributed by atoms with Gasteiger partial charge in [-0.3, -0.25) is 13.9 Å². The lowest BCUT2D eigenvalue weighted by Gasteiger charge is -2.60. The van der Waals surface area contributed by atoms with Gasteiger partial charge in [0.15, 0.2) is 0 Å². The highest BCUT2D eigenvalue weighted by Crippen LogP contribution is 2.67. The minimum Gasteiger partial charge on any atom is -0.393 e. The van der Waals surface area contributed by atoms with Crippen molar-refractivity contribution < 1.29 is 27.4 Å². The molecule has 0 aromatic rings. The van der Waals surface area contributed by atoms with Gasteiger partial charge >= 0.3 is 10.4 Å². The number of carbonyl (C=O) groups excluding carboxylic acids is 1. The molecule has 6 nitrogen and oxygen atoms in total. The van der Waals surface area contributed by atoms with Gasteiger partial charge in [0.25, 0.3) is 0 Å². The lowest BCUT2D eigenvalue weighted by atomic mass is 9.44. The standard InChI is InChI=1S/C21H34O2.H2O4S/c1-13(22)17-6-7-18-16-5-4-14-12-15(23)8-10-20(14,2)19(16)9-11-21(17,18)3;1-5(2,3)4/h14-19,23H,4-12H2,1-3H3;(H2,1,2,3,4)/t14-,15+,16-,17+,18-,19-,20-,21+;/m0./s1. The van der Waals surface area contributed by atoms with E-state index in [1.807, 2.05) is 6.92 Å². The predicted molar refractivity (Wildman–Crippen MR) is 106 cm³/mol. The smallest absolute Gasteiger partial charge is 0.393 e. The summed E-state index contributed by atoms with van der Waals surface area (Å²) in [5.74, 6) is 3.97. The Balaban J connectivity index is 0.000000403. The summed E-state index contributed by atoms with van der Waals surface area (Å²) >= 11 is 0. The Morgan fingerprint density at radius 3 is 2.07 bits per heavy atom. The molecule has 0 aromatic carbocycles. The van der Waals surface area contributed by atoms with Crippen molar-refractivity contribution in [2.75, 3.05) is 0 Å². The molecule has 0 spiro atoms. The molecule has 4 aliphatic carbocycles. The molecule has 0 aliphatic heterocycles. The van der Waals surface area contributed by atoms with Crippen molar-refractivity contribution in [2.45, 2.75) is 84.7 Å². The molecule has 0 radical (unpaired) electrons. The van der Waals surface area contributed by atoms with Gasteiger partial charge < -0.3 is 5.11 Å². The monoisotopic (exact) mass is 416 g/mol. The first-order chi connectivity index (χ1) is 12.9. The minimum atomic E-state index is -4.67. The molecule has 3 N–H and O–H groups in total. The van der Waals surface area contributed by atoms with Gasteiger partial charge in [0, 0.05) is 5.92 Å². The third-order valence-electron chi connectivity index (χ3n) is 9.13. The van der Waals surface area contributed by atoms with Crippen LogP contribution in [0.2, 0.25) is 0 Å². The van der Waals surface area contributed by atoms with Crippen LogP contribution in [0.15, 0.2) is 0 Å². The largest absolute Gasteiger partial charge is 0.394 e. The summed E-state index contributed by atoms with van der Waals surface area (Å²) in [5.41, 5.74) is 0.738. The fraction of sp³-hybridized carbons (Fsp3) is 0.952. The van der Waals surface area contributed by atoms with Gasteiger partial charge in [-0.15, -0.1) is 0 Å². The summed E-state index contributed by atoms with van der Waals surface area (Å²) in [6, 6.07) is 0. The van der Waals surface area contributed by atoms with E-state index in [1.165, 1.54) is 38.5 Å². The topological polar surface area (TPSA) is 112 Å². The Kier molecular flexibility index (Phi) is 6.05. The van der Waals surface area contributed by atoms with E-state index >= 15 is 0 Å². The van der Waals surface area contributed by atoms with E-state index in [2.05, 4.69) is 13.8 Å². The SMILES string of the molecule is CC(=O)[C@H]1CC[C@H]2[C@@H]3CC[C@H]4C[C@H](O)CC[C@]4(C)[C@H]3CC[C@]12C.O=S(=O)(O)O. The van der Waals surface area contributed by atoms with E-state index in [0.29, 0.717) is 17.1 Å². The van der Waals surface area contributed by atoms with E-state index in [1.54, 1.807) is 0 Å². The highest BCUT2D eigenvalue weighted by atomic mass is 32.3. The number of aliphatic hydroxyl groups is 1. The molecule has 162 valence electrons. The Morgan fingerprint density at radius 2 is 1.46 bits per heavy atom. The summed E-state index contributed by atoms with van der Waals surface area (Å²) < 4.78 is 31.6. The number of carbonyl (C=O) groups is 1. The van der Waals surface area contributed by atoms with Crippen LogP contribution in [0.4, 0.5) is 0 Å². The molecule has 28 heavy (non-hydrogen) atoms. The molecule has 4 aliphatic rings. The van der Waals surface area contributed by atoms with Gasteiger partial charge in [-0.25, -0.2) is 0 Å². The molecular formula is C21H36O6S. The third kappa shape index (κ3) is 4.05. The first kappa shape index (κ1) is 22.2. The highest BCUT2D eigenvalue weighted by molar-refractivity contribution is 7.79. The van der Waals surface area contributed by atoms with Crippen molar-refractivity contribution in [3.05, 3.63) is 0 Å². The quantitative estimate of drug-likeness (QED) is 0.558. The lowest BCUT2D eigenvalue weighted by molar-refractivity contribution is -0.138. The van der Waals surface area contributed by atoms with Gasteiger partial charge in [0.1, 0.15) is 5.78 Å². The van der Waals surface area contributed by atoms with E-state index in [9.17, 15) is 9.90 Å². The van der Waals surface area contributed by atoms with E-state index in [-0.39, 0.29) is 11.5 Å². The second kappa shape index (κ2) is 7.64. The molecular weight excluding hydrogens is 380 g/mol. The van der Waals surface area contributed by atoms with Gasteiger partial charge in [0.05, 0.1) is 6.10 Å². The van der Waals surface area contributed by atoms with Crippen LogP contribution in [-0.4, -0.2) is 34.5 Å². The average molecular weight is 417 g/mol. The molecule has 8 atom stereocenters. The van der Waals surface area contributed by atoms with Gasteiger partial charge in [-0.2, -0.15) is 8.42 Å². The molecule has 4 fully saturated rings. The summed E-state index contributed by atoms with van der Waals surface area (Å²) in [5, 5.41) is 10.1. The zero-order valence-corrected chi connectivity index (χ0v) is 18.1. The van der Waals surface area contributed by atoms with Crippen LogP contribution in [0.25, 0.3) is 0 Å². The minimum absolute atomic E-state index is 0.0490. The molecule has 4 saturated carbocycles. The molecule has 0 aromatic heterocycles. The van der Waals surface area contributed by atoms with Gasteiger partial charge in [-0.05, 0) is 99.2 Å². The van der Waals surface area contributed by atoms with E-state index in [4.69, 9.17) is 17.5 Å². The number of Topliss-reactive ketones (excluding diaryl/α,β-unsaturated/α-hetero) is 1. The number of fused-ring (bicyclic) bond motifs is 5. The summed E-state index contributed by atoms with van der Waals surface area (Å²) in [7, 11) is -4.67. The number of rotatable bonds is 1. The molecule has 0 amide bonds. The maximum absolute atomic E-state index is 12.2. The first-order valence-electron chi connectivity index (χ1n) is 10.7. The van der Waals surface area contributed by atoms with Crippen LogP contribution in [-0.2, 0) is 15.2 Å². The average Bonchev–Trinajstić information content (AvgIpc) is 2.91. The number of hydrogen-bond acceptors (Lipinski definition) is 4. The molecule has 7 heteroatoms. The molecule has 0 unspecified atom stereocenters. The van der Waals surface area contributed by atoms with Crippen LogP contribution >= 0.6 is 0 Å². The van der Waals surface area contributed by atoms with Gasteiger partial charge in [0.2, 0.25) is 0 Å². The number of ketones is 1. The van der Waals surface area contributed by atoms with Crippen LogP contribution in [0.1, 0.15) is 78.6 Å². The number of hydrogen-bond donors (Lipinski definition) is 3. The van der Waals surface area contributed by atoms with Crippen LogP contribution in [0.3, 0.4) is 0 Å². The maximum Gasteiger partial charge on any atom is 0.394 e. The van der Waals surface area contributed by atoms with Crippen molar-refractivity contribution in [2.24, 2.45) is 40.4 Å². The zero-order chi connectivity index (χ0) is 20.9. The Bertz CT molecular complexity index is 698. The molecule has 0 heterocycles. The maximum atomic E-state index is 12.2. The second-order valence-corrected chi connectivity index (χ2v) is 11.2. The Hall–Kier alpha value is -0.500. The zero-order valence-electron chi connectivity index (χ0n) is 17.3.